The number of carbonyl (C=O) groups excluding carboxylic acids is 2. The van der Waals surface area contributed by atoms with Crippen LogP contribution in [-0.4, -0.2) is 22.6 Å². The third-order valence-corrected chi connectivity index (χ3v) is 3.89. The van der Waals surface area contributed by atoms with Gasteiger partial charge < -0.3 is 4.74 Å². The highest BCUT2D eigenvalue weighted by Crippen LogP contribution is 2.47. The molecule has 2 rings (SSSR count). The molecule has 0 spiro atoms. The molecule has 1 aromatic rings. The molecule has 0 bridgehead atoms. The van der Waals surface area contributed by atoms with Crippen LogP contribution in [0.2, 0.25) is 10.2 Å². The number of nitrogens with zero attached hydrogens (tertiary/aromatic N) is 2. The molecule has 1 aromatic heterocycles. The van der Waals surface area contributed by atoms with Crippen LogP contribution in [0.1, 0.15) is 40.2 Å². The van der Waals surface area contributed by atoms with E-state index in [2.05, 4.69) is 4.98 Å². The van der Waals surface area contributed by atoms with Crippen LogP contribution < -0.4 is 4.90 Å². The Morgan fingerprint density at radius 2 is 1.90 bits per heavy atom. The zero-order valence-corrected chi connectivity index (χ0v) is 14.0. The first-order valence-electron chi connectivity index (χ1n) is 6.39. The summed E-state index contributed by atoms with van der Waals surface area (Å²) in [7, 11) is 0. The molecule has 1 aliphatic heterocycles. The summed E-state index contributed by atoms with van der Waals surface area (Å²) < 4.78 is 5.27. The monoisotopic (exact) mass is 330 g/mol. The summed E-state index contributed by atoms with van der Waals surface area (Å²) in [5, 5.41) is 0.279. The number of amides is 2. The largest absolute Gasteiger partial charge is 0.443 e. The van der Waals surface area contributed by atoms with Crippen LogP contribution in [0.25, 0.3) is 0 Å². The highest BCUT2D eigenvalue weighted by atomic mass is 35.5. The molecular formula is C14H16Cl2N2O3. The smallest absolute Gasteiger partial charge is 0.421 e. The lowest BCUT2D eigenvalue weighted by molar-refractivity contribution is -0.121. The standard InChI is InChI=1S/C14H16Cl2N2O3/c1-13(2,3)21-12(20)18-7-6-17-10(16)9(15)8(7)14(4,5)11(18)19/h6H,1-5H3. The van der Waals surface area contributed by atoms with E-state index in [-0.39, 0.29) is 10.2 Å². The summed E-state index contributed by atoms with van der Waals surface area (Å²) in [6.45, 7) is 8.54. The molecule has 0 aliphatic carbocycles. The zero-order chi connectivity index (χ0) is 16.2. The van der Waals surface area contributed by atoms with Crippen molar-refractivity contribution in [3.05, 3.63) is 21.9 Å². The van der Waals surface area contributed by atoms with E-state index in [1.807, 2.05) is 0 Å². The number of ether oxygens (including phenoxy) is 1. The van der Waals surface area contributed by atoms with Crippen LogP contribution in [0.15, 0.2) is 6.20 Å². The summed E-state index contributed by atoms with van der Waals surface area (Å²) in [5.74, 6) is -0.419. The van der Waals surface area contributed by atoms with Crippen LogP contribution in [0.5, 0.6) is 0 Å². The Morgan fingerprint density at radius 3 is 2.43 bits per heavy atom. The molecule has 0 N–H and O–H groups in total. The predicted octanol–water partition coefficient (Wildman–Crippen LogP) is 3.95. The highest BCUT2D eigenvalue weighted by molar-refractivity contribution is 6.43. The number of halogens is 2. The van der Waals surface area contributed by atoms with Gasteiger partial charge in [0.2, 0.25) is 5.91 Å². The Bertz CT molecular complexity index is 636. The Kier molecular flexibility index (Phi) is 3.71. The molecule has 0 unspecified atom stereocenters. The summed E-state index contributed by atoms with van der Waals surface area (Å²) >= 11 is 12.1. The fraction of sp³-hybridized carbons (Fsp3) is 0.500. The van der Waals surface area contributed by atoms with Crippen molar-refractivity contribution >= 4 is 40.9 Å². The van der Waals surface area contributed by atoms with E-state index in [9.17, 15) is 9.59 Å². The van der Waals surface area contributed by atoms with Gasteiger partial charge >= 0.3 is 6.09 Å². The van der Waals surface area contributed by atoms with Gasteiger partial charge in [-0.05, 0) is 34.6 Å². The molecule has 7 heteroatoms. The molecule has 0 atom stereocenters. The Labute approximate surface area is 133 Å². The van der Waals surface area contributed by atoms with E-state index in [1.165, 1.54) is 6.20 Å². The fourth-order valence-corrected chi connectivity index (χ4v) is 2.73. The second-order valence-corrected chi connectivity index (χ2v) is 7.11. The Balaban J connectivity index is 2.56. The van der Waals surface area contributed by atoms with Crippen LogP contribution >= 0.6 is 23.2 Å². The molecule has 0 saturated heterocycles. The zero-order valence-electron chi connectivity index (χ0n) is 12.5. The average Bonchev–Trinajstić information content (AvgIpc) is 2.50. The van der Waals surface area contributed by atoms with E-state index in [0.29, 0.717) is 11.3 Å². The van der Waals surface area contributed by atoms with Crippen molar-refractivity contribution in [1.29, 1.82) is 0 Å². The first kappa shape index (κ1) is 16.0. The van der Waals surface area contributed by atoms with Gasteiger partial charge in [0.05, 0.1) is 22.3 Å². The van der Waals surface area contributed by atoms with Crippen LogP contribution in [0.4, 0.5) is 10.5 Å². The minimum atomic E-state index is -0.976. The van der Waals surface area contributed by atoms with E-state index in [4.69, 9.17) is 27.9 Å². The predicted molar refractivity (Wildman–Crippen MR) is 81.0 cm³/mol. The quantitative estimate of drug-likeness (QED) is 0.676. The minimum Gasteiger partial charge on any atom is -0.443 e. The van der Waals surface area contributed by atoms with E-state index < -0.39 is 23.0 Å². The SMILES string of the molecule is CC(C)(C)OC(=O)N1C(=O)C(C)(C)c2c1cnc(Cl)c2Cl. The molecule has 2 heterocycles. The molecule has 5 nitrogen and oxygen atoms in total. The van der Waals surface area contributed by atoms with Gasteiger partial charge in [-0.25, -0.2) is 14.7 Å². The molecule has 21 heavy (non-hydrogen) atoms. The maximum Gasteiger partial charge on any atom is 0.421 e. The van der Waals surface area contributed by atoms with Crippen LogP contribution in [0, 0.1) is 0 Å². The lowest BCUT2D eigenvalue weighted by Gasteiger charge is -2.24. The van der Waals surface area contributed by atoms with Gasteiger partial charge in [0.1, 0.15) is 10.8 Å². The van der Waals surface area contributed by atoms with E-state index in [0.717, 1.165) is 4.90 Å². The maximum atomic E-state index is 12.6. The number of hydrogen-bond donors (Lipinski definition) is 0. The van der Waals surface area contributed by atoms with Crippen LogP contribution in [-0.2, 0) is 14.9 Å². The van der Waals surface area contributed by atoms with Crippen molar-refractivity contribution in [3.8, 4) is 0 Å². The second-order valence-electron chi connectivity index (χ2n) is 6.37. The third-order valence-electron chi connectivity index (χ3n) is 3.14. The van der Waals surface area contributed by atoms with Gasteiger partial charge in [-0.3, -0.25) is 4.79 Å². The second kappa shape index (κ2) is 4.85. The highest BCUT2D eigenvalue weighted by Gasteiger charge is 2.50. The van der Waals surface area contributed by atoms with Gasteiger partial charge in [0.15, 0.2) is 0 Å². The lowest BCUT2D eigenvalue weighted by atomic mass is 9.87. The van der Waals surface area contributed by atoms with Crippen molar-refractivity contribution in [3.63, 3.8) is 0 Å². The van der Waals surface area contributed by atoms with Crippen LogP contribution in [0.3, 0.4) is 0 Å². The van der Waals surface area contributed by atoms with Gasteiger partial charge in [-0.15, -0.1) is 0 Å². The van der Waals surface area contributed by atoms with E-state index in [1.54, 1.807) is 34.6 Å². The molecule has 0 aromatic carbocycles. The molecule has 2 amide bonds. The number of anilines is 1. The number of carbonyl (C=O) groups is 2. The lowest BCUT2D eigenvalue weighted by Crippen LogP contribution is -2.43. The van der Waals surface area contributed by atoms with Crippen molar-refractivity contribution in [2.45, 2.75) is 45.6 Å². The summed E-state index contributed by atoms with van der Waals surface area (Å²) in [4.78, 5) is 29.7. The minimum absolute atomic E-state index is 0.0994. The molecule has 0 radical (unpaired) electrons. The van der Waals surface area contributed by atoms with Crippen molar-refractivity contribution in [2.24, 2.45) is 0 Å². The average molecular weight is 331 g/mol. The summed E-state index contributed by atoms with van der Waals surface area (Å²) in [5.41, 5.74) is -0.891. The number of hydrogen-bond acceptors (Lipinski definition) is 4. The number of aromatic nitrogens is 1. The van der Waals surface area contributed by atoms with Gasteiger partial charge in [0, 0.05) is 5.56 Å². The van der Waals surface area contributed by atoms with Gasteiger partial charge in [-0.2, -0.15) is 0 Å². The molecule has 1 aliphatic rings. The first-order valence-corrected chi connectivity index (χ1v) is 7.14. The Morgan fingerprint density at radius 1 is 1.33 bits per heavy atom. The molecule has 114 valence electrons. The van der Waals surface area contributed by atoms with Crippen molar-refractivity contribution < 1.29 is 14.3 Å². The van der Waals surface area contributed by atoms with E-state index >= 15 is 0 Å². The third kappa shape index (κ3) is 2.60. The summed E-state index contributed by atoms with van der Waals surface area (Å²) in [6.07, 6.45) is 0.611. The first-order chi connectivity index (χ1) is 9.47. The van der Waals surface area contributed by atoms with Gasteiger partial charge in [-0.1, -0.05) is 23.2 Å². The number of pyridine rings is 1. The topological polar surface area (TPSA) is 59.5 Å². The number of fused-ring (bicyclic) bond motifs is 1. The van der Waals surface area contributed by atoms with Crippen molar-refractivity contribution in [1.82, 2.24) is 4.98 Å². The fourth-order valence-electron chi connectivity index (χ4n) is 2.20. The van der Waals surface area contributed by atoms with Gasteiger partial charge in [0.25, 0.3) is 0 Å². The molecule has 0 fully saturated rings. The molecule has 0 saturated carbocycles. The summed E-state index contributed by atoms with van der Waals surface area (Å²) in [6, 6.07) is 0. The number of rotatable bonds is 0. The Hall–Kier alpha value is -1.33. The maximum absolute atomic E-state index is 12.6. The number of imide groups is 1. The molecular weight excluding hydrogens is 315 g/mol. The van der Waals surface area contributed by atoms with Crippen molar-refractivity contribution in [2.75, 3.05) is 4.90 Å². The normalized spacial score (nSPS) is 16.9.